The van der Waals surface area contributed by atoms with E-state index in [9.17, 15) is 9.59 Å². The fourth-order valence-corrected chi connectivity index (χ4v) is 4.40. The van der Waals surface area contributed by atoms with E-state index in [0.29, 0.717) is 36.9 Å². The Morgan fingerprint density at radius 2 is 2.04 bits per heavy atom. The normalized spacial score (nSPS) is 11.1. The van der Waals surface area contributed by atoms with Crippen LogP contribution in [0.5, 0.6) is 5.75 Å². The lowest BCUT2D eigenvalue weighted by atomic mass is 10.2. The summed E-state index contributed by atoms with van der Waals surface area (Å²) in [5.41, 5.74) is 1.59. The lowest BCUT2D eigenvalue weighted by Gasteiger charge is -2.06. The molecule has 0 unspecified atom stereocenters. The van der Waals surface area contributed by atoms with E-state index in [1.165, 1.54) is 0 Å². The highest BCUT2D eigenvalue weighted by Crippen LogP contribution is 2.24. The van der Waals surface area contributed by atoms with E-state index in [2.05, 4.69) is 10.3 Å². The third-order valence-corrected chi connectivity index (χ3v) is 5.91. The number of carbonyl (C=O) groups is 1. The minimum absolute atomic E-state index is 0.307. The van der Waals surface area contributed by atoms with Crippen molar-refractivity contribution in [1.82, 2.24) is 14.7 Å². The SMILES string of the molecule is COc1ccc(CNC(=O)c2sc(=S)n3c2[nH]c(=O)c2cc(Cl)ccc23)cc1. The molecule has 9 heteroatoms. The summed E-state index contributed by atoms with van der Waals surface area (Å²) < 4.78 is 7.28. The Hall–Kier alpha value is -2.68. The van der Waals surface area contributed by atoms with Gasteiger partial charge in [-0.1, -0.05) is 35.1 Å². The Morgan fingerprint density at radius 3 is 2.75 bits per heavy atom. The molecule has 0 radical (unpaired) electrons. The number of amides is 1. The van der Waals surface area contributed by atoms with Crippen LogP contribution in [0.25, 0.3) is 16.6 Å². The molecule has 2 N–H and O–H groups in total. The lowest BCUT2D eigenvalue weighted by Crippen LogP contribution is -2.23. The molecular formula is C19H14ClN3O3S2. The van der Waals surface area contributed by atoms with Crippen molar-refractivity contribution in [2.24, 2.45) is 0 Å². The maximum Gasteiger partial charge on any atom is 0.265 e. The summed E-state index contributed by atoms with van der Waals surface area (Å²) in [5.74, 6) is 0.439. The smallest absolute Gasteiger partial charge is 0.265 e. The number of ether oxygens (including phenoxy) is 1. The molecule has 0 aliphatic rings. The highest BCUT2D eigenvalue weighted by Gasteiger charge is 2.18. The first-order chi connectivity index (χ1) is 13.5. The second-order valence-corrected chi connectivity index (χ2v) is 8.11. The monoisotopic (exact) mass is 431 g/mol. The molecule has 1 amide bonds. The van der Waals surface area contributed by atoms with Crippen LogP contribution in [-0.4, -0.2) is 22.4 Å². The van der Waals surface area contributed by atoms with Crippen LogP contribution >= 0.6 is 35.2 Å². The van der Waals surface area contributed by atoms with E-state index in [1.54, 1.807) is 29.7 Å². The number of rotatable bonds is 4. The number of hydrogen-bond acceptors (Lipinski definition) is 5. The minimum Gasteiger partial charge on any atom is -0.497 e. The van der Waals surface area contributed by atoms with Crippen molar-refractivity contribution in [2.75, 3.05) is 7.11 Å². The fraction of sp³-hybridized carbons (Fsp3) is 0.105. The van der Waals surface area contributed by atoms with Gasteiger partial charge in [0.2, 0.25) is 0 Å². The van der Waals surface area contributed by atoms with Gasteiger partial charge in [0.15, 0.2) is 3.95 Å². The average molecular weight is 432 g/mol. The third-order valence-electron chi connectivity index (χ3n) is 4.31. The van der Waals surface area contributed by atoms with Gasteiger partial charge >= 0.3 is 0 Å². The zero-order valence-corrected chi connectivity index (χ0v) is 17.0. The predicted molar refractivity (Wildman–Crippen MR) is 113 cm³/mol. The number of benzene rings is 2. The standard InChI is InChI=1S/C19H14ClN3O3S2/c1-26-12-5-2-10(3-6-12)9-21-18(25)15-16-22-17(24)13-8-11(20)4-7-14(13)23(16)19(27)28-15/h2-8H,9H2,1H3,(H,21,25)(H,22,24). The average Bonchev–Trinajstić information content (AvgIpc) is 3.03. The van der Waals surface area contributed by atoms with Crippen LogP contribution in [0.1, 0.15) is 15.2 Å². The van der Waals surface area contributed by atoms with E-state index in [4.69, 9.17) is 28.6 Å². The molecule has 4 rings (SSSR count). The van der Waals surface area contributed by atoms with Gasteiger partial charge in [-0.2, -0.15) is 0 Å². The van der Waals surface area contributed by atoms with Crippen molar-refractivity contribution in [3.8, 4) is 5.75 Å². The highest BCUT2D eigenvalue weighted by atomic mass is 35.5. The third kappa shape index (κ3) is 3.30. The molecule has 0 aliphatic carbocycles. The van der Waals surface area contributed by atoms with Crippen LogP contribution < -0.4 is 15.6 Å². The van der Waals surface area contributed by atoms with Gasteiger partial charge < -0.3 is 15.0 Å². The number of nitrogens with one attached hydrogen (secondary N) is 2. The summed E-state index contributed by atoms with van der Waals surface area (Å²) in [6, 6.07) is 12.4. The number of methoxy groups -OCH3 is 1. The highest BCUT2D eigenvalue weighted by molar-refractivity contribution is 7.73. The van der Waals surface area contributed by atoms with Crippen molar-refractivity contribution in [1.29, 1.82) is 0 Å². The minimum atomic E-state index is -0.325. The molecule has 2 aromatic heterocycles. The molecule has 142 valence electrons. The number of thiazole rings is 1. The van der Waals surface area contributed by atoms with Crippen molar-refractivity contribution < 1.29 is 9.53 Å². The van der Waals surface area contributed by atoms with Gasteiger partial charge in [-0.3, -0.25) is 14.0 Å². The van der Waals surface area contributed by atoms with Crippen LogP contribution in [0.4, 0.5) is 0 Å². The first-order valence-corrected chi connectivity index (χ1v) is 9.86. The zero-order valence-electron chi connectivity index (χ0n) is 14.6. The summed E-state index contributed by atoms with van der Waals surface area (Å²) in [6.07, 6.45) is 0. The largest absolute Gasteiger partial charge is 0.497 e. The topological polar surface area (TPSA) is 75.6 Å². The quantitative estimate of drug-likeness (QED) is 0.476. The molecule has 0 atom stereocenters. The Kier molecular flexibility index (Phi) is 4.92. The van der Waals surface area contributed by atoms with Crippen molar-refractivity contribution in [2.45, 2.75) is 6.54 Å². The molecule has 2 heterocycles. The van der Waals surface area contributed by atoms with E-state index in [-0.39, 0.29) is 11.5 Å². The molecule has 4 aromatic rings. The number of nitrogens with zero attached hydrogens (tertiary/aromatic N) is 1. The second kappa shape index (κ2) is 7.38. The van der Waals surface area contributed by atoms with Crippen LogP contribution in [0, 0.1) is 3.95 Å². The van der Waals surface area contributed by atoms with Crippen LogP contribution in [-0.2, 0) is 6.54 Å². The van der Waals surface area contributed by atoms with Gasteiger partial charge in [0.25, 0.3) is 11.5 Å². The zero-order chi connectivity index (χ0) is 19.8. The summed E-state index contributed by atoms with van der Waals surface area (Å²) in [5, 5.41) is 3.73. The molecule has 0 spiro atoms. The van der Waals surface area contributed by atoms with Crippen LogP contribution in [0.2, 0.25) is 5.02 Å². The van der Waals surface area contributed by atoms with E-state index >= 15 is 0 Å². The Labute approximate surface area is 173 Å². The van der Waals surface area contributed by atoms with Gasteiger partial charge in [0.1, 0.15) is 16.3 Å². The fourth-order valence-electron chi connectivity index (χ4n) is 2.93. The molecule has 0 fully saturated rings. The van der Waals surface area contributed by atoms with Crippen molar-refractivity contribution in [3.63, 3.8) is 0 Å². The van der Waals surface area contributed by atoms with Gasteiger partial charge in [-0.05, 0) is 48.1 Å². The Bertz CT molecular complexity index is 1320. The van der Waals surface area contributed by atoms with E-state index in [1.807, 2.05) is 24.3 Å². The molecule has 28 heavy (non-hydrogen) atoms. The molecule has 0 saturated heterocycles. The second-order valence-electron chi connectivity index (χ2n) is 6.03. The summed E-state index contributed by atoms with van der Waals surface area (Å²) in [7, 11) is 1.60. The number of aromatic amines is 1. The van der Waals surface area contributed by atoms with Gasteiger partial charge in [-0.25, -0.2) is 0 Å². The van der Waals surface area contributed by atoms with Crippen LogP contribution in [0.3, 0.4) is 0 Å². The maximum absolute atomic E-state index is 12.7. The molecule has 0 saturated carbocycles. The first kappa shape index (κ1) is 18.7. The van der Waals surface area contributed by atoms with E-state index in [0.717, 1.165) is 22.6 Å². The molecule has 0 bridgehead atoms. The Morgan fingerprint density at radius 1 is 1.29 bits per heavy atom. The molecule has 6 nitrogen and oxygen atoms in total. The van der Waals surface area contributed by atoms with E-state index < -0.39 is 0 Å². The summed E-state index contributed by atoms with van der Waals surface area (Å²) >= 11 is 12.6. The lowest BCUT2D eigenvalue weighted by molar-refractivity contribution is 0.0956. The van der Waals surface area contributed by atoms with Gasteiger partial charge in [0, 0.05) is 11.6 Å². The number of H-pyrrole nitrogens is 1. The Balaban J connectivity index is 1.71. The number of carbonyl (C=O) groups excluding carboxylic acids is 1. The first-order valence-electron chi connectivity index (χ1n) is 8.26. The van der Waals surface area contributed by atoms with Crippen molar-refractivity contribution >= 4 is 57.6 Å². The number of halogens is 1. The predicted octanol–water partition coefficient (Wildman–Crippen LogP) is 4.16. The maximum atomic E-state index is 12.7. The number of fused-ring (bicyclic) bond motifs is 3. The summed E-state index contributed by atoms with van der Waals surface area (Å²) in [4.78, 5) is 28.3. The van der Waals surface area contributed by atoms with Crippen LogP contribution in [0.15, 0.2) is 47.3 Å². The number of hydrogen-bond donors (Lipinski definition) is 2. The summed E-state index contributed by atoms with van der Waals surface area (Å²) in [6.45, 7) is 0.340. The van der Waals surface area contributed by atoms with Crippen molar-refractivity contribution in [3.05, 3.63) is 72.2 Å². The molecule has 2 aromatic carbocycles. The molecular weight excluding hydrogens is 418 g/mol. The number of aromatic nitrogens is 2. The van der Waals surface area contributed by atoms with Gasteiger partial charge in [-0.15, -0.1) is 0 Å². The van der Waals surface area contributed by atoms with Gasteiger partial charge in [0.05, 0.1) is 18.0 Å². The molecule has 0 aliphatic heterocycles.